The van der Waals surface area contributed by atoms with Crippen LogP contribution in [0.4, 0.5) is 5.69 Å². The monoisotopic (exact) mass is 332 g/mol. The molecule has 2 aliphatic heterocycles. The van der Waals surface area contributed by atoms with Crippen molar-refractivity contribution in [2.75, 3.05) is 51.7 Å². The van der Waals surface area contributed by atoms with Gasteiger partial charge in [0.15, 0.2) is 5.17 Å². The molecule has 0 radical (unpaired) electrons. The van der Waals surface area contributed by atoms with Crippen LogP contribution in [-0.2, 0) is 0 Å². The first kappa shape index (κ1) is 16.2. The van der Waals surface area contributed by atoms with Crippen LogP contribution < -0.4 is 4.90 Å². The lowest BCUT2D eigenvalue weighted by Crippen LogP contribution is -2.49. The molecule has 0 saturated carbocycles. The van der Waals surface area contributed by atoms with Crippen molar-refractivity contribution in [2.45, 2.75) is 12.2 Å². The molecule has 1 aromatic carbocycles. The van der Waals surface area contributed by atoms with E-state index in [-0.39, 0.29) is 5.91 Å². The van der Waals surface area contributed by atoms with Crippen LogP contribution in [0.2, 0.25) is 0 Å². The summed E-state index contributed by atoms with van der Waals surface area (Å²) in [6, 6.07) is 7.84. The number of benzene rings is 1. The van der Waals surface area contributed by atoms with Crippen molar-refractivity contribution in [3.8, 4) is 0 Å². The highest BCUT2D eigenvalue weighted by Gasteiger charge is 2.27. The number of amidine groups is 1. The Balaban J connectivity index is 1.61. The number of piperazine rings is 1. The van der Waals surface area contributed by atoms with Crippen LogP contribution in [-0.4, -0.2) is 72.9 Å². The quantitative estimate of drug-likeness (QED) is 0.830. The first-order valence-electron chi connectivity index (χ1n) is 8.07. The lowest BCUT2D eigenvalue weighted by atomic mass is 10.1. The summed E-state index contributed by atoms with van der Waals surface area (Å²) in [6.07, 6.45) is 0. The van der Waals surface area contributed by atoms with Gasteiger partial charge in [-0.05, 0) is 18.2 Å². The molecule has 6 heteroatoms. The zero-order valence-electron chi connectivity index (χ0n) is 14.0. The fourth-order valence-corrected chi connectivity index (χ4v) is 3.83. The van der Waals surface area contributed by atoms with E-state index in [4.69, 9.17) is 0 Å². The number of amides is 1. The third kappa shape index (κ3) is 3.63. The molecule has 1 fully saturated rings. The average Bonchev–Trinajstić information content (AvgIpc) is 3.01. The van der Waals surface area contributed by atoms with Crippen LogP contribution in [0.5, 0.6) is 0 Å². The Bertz CT molecular complexity index is 608. The lowest BCUT2D eigenvalue weighted by Gasteiger charge is -2.35. The zero-order chi connectivity index (χ0) is 16.4. The number of thioether (sulfide) groups is 1. The average molecular weight is 332 g/mol. The van der Waals surface area contributed by atoms with E-state index >= 15 is 0 Å². The Morgan fingerprint density at radius 1 is 1.26 bits per heavy atom. The third-order valence-electron chi connectivity index (χ3n) is 4.24. The van der Waals surface area contributed by atoms with Gasteiger partial charge in [-0.15, -0.1) is 0 Å². The van der Waals surface area contributed by atoms with E-state index < -0.39 is 0 Å². The second-order valence-electron chi connectivity index (χ2n) is 6.28. The number of nitrogens with zero attached hydrogens (tertiary/aromatic N) is 4. The lowest BCUT2D eigenvalue weighted by molar-refractivity contribution is 0.0693. The molecule has 0 unspecified atom stereocenters. The SMILES string of the molecule is C[C@H]1CN=C(N2CCN(C(=O)c3cccc(N(C)C)c3)CC2)S1. The van der Waals surface area contributed by atoms with E-state index in [0.717, 1.165) is 49.1 Å². The predicted molar refractivity (Wildman–Crippen MR) is 97.6 cm³/mol. The standard InChI is InChI=1S/C17H24N4OS/c1-13-12-18-17(23-13)21-9-7-20(8-10-21)16(22)14-5-4-6-15(11-14)19(2)3/h4-6,11,13H,7-10,12H2,1-3H3/t13-/m0/s1. The summed E-state index contributed by atoms with van der Waals surface area (Å²) >= 11 is 1.85. The summed E-state index contributed by atoms with van der Waals surface area (Å²) in [4.78, 5) is 23.6. The minimum atomic E-state index is 0.128. The highest BCUT2D eigenvalue weighted by atomic mass is 32.2. The maximum Gasteiger partial charge on any atom is 0.254 e. The topological polar surface area (TPSA) is 39.1 Å². The molecule has 5 nitrogen and oxygen atoms in total. The molecular weight excluding hydrogens is 308 g/mol. The number of hydrogen-bond donors (Lipinski definition) is 0. The number of carbonyl (C=O) groups excluding carboxylic acids is 1. The van der Waals surface area contributed by atoms with Crippen LogP contribution in [0, 0.1) is 0 Å². The van der Waals surface area contributed by atoms with Gasteiger partial charge in [0.05, 0.1) is 6.54 Å². The van der Waals surface area contributed by atoms with Gasteiger partial charge in [-0.2, -0.15) is 0 Å². The molecule has 2 aliphatic rings. The zero-order valence-corrected chi connectivity index (χ0v) is 14.8. The Hall–Kier alpha value is -1.69. The maximum absolute atomic E-state index is 12.7. The van der Waals surface area contributed by atoms with Gasteiger partial charge in [0.1, 0.15) is 0 Å². The van der Waals surface area contributed by atoms with Gasteiger partial charge in [-0.1, -0.05) is 24.8 Å². The van der Waals surface area contributed by atoms with Gasteiger partial charge in [0.2, 0.25) is 0 Å². The Labute approximate surface area is 142 Å². The number of rotatable bonds is 2. The Morgan fingerprint density at radius 2 is 2.00 bits per heavy atom. The summed E-state index contributed by atoms with van der Waals surface area (Å²) in [5.74, 6) is 0.128. The van der Waals surface area contributed by atoms with Crippen molar-refractivity contribution in [2.24, 2.45) is 4.99 Å². The van der Waals surface area contributed by atoms with E-state index in [1.807, 2.05) is 59.9 Å². The van der Waals surface area contributed by atoms with Crippen molar-refractivity contribution >= 4 is 28.5 Å². The van der Waals surface area contributed by atoms with Gasteiger partial charge in [-0.25, -0.2) is 0 Å². The van der Waals surface area contributed by atoms with Crippen LogP contribution in [0.3, 0.4) is 0 Å². The molecule has 3 rings (SSSR count). The molecule has 1 atom stereocenters. The summed E-state index contributed by atoms with van der Waals surface area (Å²) in [7, 11) is 3.98. The van der Waals surface area contributed by atoms with Crippen molar-refractivity contribution in [1.82, 2.24) is 9.80 Å². The molecule has 0 aromatic heterocycles. The third-order valence-corrected chi connectivity index (χ3v) is 5.39. The van der Waals surface area contributed by atoms with Crippen molar-refractivity contribution in [3.05, 3.63) is 29.8 Å². The summed E-state index contributed by atoms with van der Waals surface area (Å²) in [5, 5.41) is 1.73. The number of carbonyl (C=O) groups is 1. The van der Waals surface area contributed by atoms with Crippen molar-refractivity contribution < 1.29 is 4.79 Å². The number of aliphatic imine (C=N–C) groups is 1. The predicted octanol–water partition coefficient (Wildman–Crippen LogP) is 2.00. The molecular formula is C17H24N4OS. The van der Waals surface area contributed by atoms with Gasteiger partial charge in [-0.3, -0.25) is 9.79 Å². The minimum Gasteiger partial charge on any atom is -0.378 e. The molecule has 1 amide bonds. The summed E-state index contributed by atoms with van der Waals surface area (Å²) in [6.45, 7) is 6.39. The highest BCUT2D eigenvalue weighted by molar-refractivity contribution is 8.14. The van der Waals surface area contributed by atoms with Crippen LogP contribution in [0.25, 0.3) is 0 Å². The van der Waals surface area contributed by atoms with E-state index in [1.54, 1.807) is 0 Å². The van der Waals surface area contributed by atoms with E-state index in [2.05, 4.69) is 16.8 Å². The fraction of sp³-hybridized carbons (Fsp3) is 0.529. The molecule has 0 spiro atoms. The molecule has 0 aliphatic carbocycles. The van der Waals surface area contributed by atoms with Crippen LogP contribution in [0.1, 0.15) is 17.3 Å². The van der Waals surface area contributed by atoms with E-state index in [1.165, 1.54) is 0 Å². The van der Waals surface area contributed by atoms with Gasteiger partial charge in [0, 0.05) is 56.8 Å². The van der Waals surface area contributed by atoms with E-state index in [9.17, 15) is 4.79 Å². The molecule has 124 valence electrons. The first-order chi connectivity index (χ1) is 11.0. The Kier molecular flexibility index (Phi) is 4.80. The van der Waals surface area contributed by atoms with Crippen molar-refractivity contribution in [3.63, 3.8) is 0 Å². The van der Waals surface area contributed by atoms with E-state index in [0.29, 0.717) is 5.25 Å². The largest absolute Gasteiger partial charge is 0.378 e. The summed E-state index contributed by atoms with van der Waals surface area (Å²) < 4.78 is 0. The smallest absolute Gasteiger partial charge is 0.254 e. The number of anilines is 1. The molecule has 2 heterocycles. The minimum absolute atomic E-state index is 0.128. The summed E-state index contributed by atoms with van der Waals surface area (Å²) in [5.41, 5.74) is 1.83. The number of hydrogen-bond acceptors (Lipinski definition) is 5. The molecule has 0 N–H and O–H groups in total. The van der Waals surface area contributed by atoms with Gasteiger partial charge >= 0.3 is 0 Å². The fourth-order valence-electron chi connectivity index (χ4n) is 2.84. The second kappa shape index (κ2) is 6.83. The van der Waals surface area contributed by atoms with Gasteiger partial charge < -0.3 is 14.7 Å². The Morgan fingerprint density at radius 3 is 2.61 bits per heavy atom. The molecule has 23 heavy (non-hydrogen) atoms. The second-order valence-corrected chi connectivity index (χ2v) is 7.68. The molecule has 0 bridgehead atoms. The molecule has 1 saturated heterocycles. The van der Waals surface area contributed by atoms with Crippen molar-refractivity contribution in [1.29, 1.82) is 0 Å². The van der Waals surface area contributed by atoms with Crippen LogP contribution >= 0.6 is 11.8 Å². The molecule has 1 aromatic rings. The van der Waals surface area contributed by atoms with Gasteiger partial charge in [0.25, 0.3) is 5.91 Å². The highest BCUT2D eigenvalue weighted by Crippen LogP contribution is 2.24. The normalized spacial score (nSPS) is 21.3. The first-order valence-corrected chi connectivity index (χ1v) is 8.95. The van der Waals surface area contributed by atoms with Crippen LogP contribution in [0.15, 0.2) is 29.3 Å². The maximum atomic E-state index is 12.7.